The Hall–Kier alpha value is -13.9. The molecule has 10 rings (SSSR count). The molecule has 0 unspecified atom stereocenters. The summed E-state index contributed by atoms with van der Waals surface area (Å²) in [6, 6.07) is 16.2. The highest BCUT2D eigenvalue weighted by atomic mass is 32.2. The summed E-state index contributed by atoms with van der Waals surface area (Å²) in [5, 5.41) is 68.3. The Labute approximate surface area is 800 Å². The van der Waals surface area contributed by atoms with Gasteiger partial charge in [-0.3, -0.25) is 76.7 Å². The number of fused-ring (bicyclic) bond motifs is 3. The molecule has 0 saturated carbocycles. The van der Waals surface area contributed by atoms with Crippen LogP contribution in [-0.2, 0) is 120 Å². The number of hydrogen-bond acceptors (Lipinski definition) is 22. The van der Waals surface area contributed by atoms with Crippen molar-refractivity contribution in [3.8, 4) is 11.5 Å². The lowest BCUT2D eigenvalue weighted by molar-refractivity contribution is -0.153. The van der Waals surface area contributed by atoms with E-state index in [0.717, 1.165) is 42.7 Å². The molecule has 1 aromatic heterocycles. The van der Waals surface area contributed by atoms with Crippen LogP contribution in [0.4, 0.5) is 8.78 Å². The van der Waals surface area contributed by atoms with Crippen molar-refractivity contribution in [2.45, 2.75) is 189 Å². The second kappa shape index (κ2) is 49.7. The molecule has 138 heavy (non-hydrogen) atoms. The number of ether oxygens (including phenoxy) is 2. The molecule has 15 atom stereocenters. The summed E-state index contributed by atoms with van der Waals surface area (Å²) in [7, 11) is 6.39. The number of H-pyrrole nitrogens is 1. The Morgan fingerprint density at radius 2 is 1.00 bits per heavy atom. The van der Waals surface area contributed by atoms with Gasteiger partial charge in [0.25, 0.3) is 0 Å². The number of primary amides is 1. The molecular weight excluding hydrogens is 1810 g/mol. The van der Waals surface area contributed by atoms with Crippen molar-refractivity contribution < 1.29 is 115 Å². The third kappa shape index (κ3) is 29.1. The number of aromatic amines is 1. The van der Waals surface area contributed by atoms with Crippen LogP contribution in [0.15, 0.2) is 158 Å². The number of para-hydroxylation sites is 1. The van der Waals surface area contributed by atoms with Crippen molar-refractivity contribution in [1.82, 2.24) is 77.3 Å². The van der Waals surface area contributed by atoms with Crippen molar-refractivity contribution >= 4 is 117 Å². The number of methoxy groups -OCH3 is 2. The number of likely N-dealkylation sites (N-methyl/N-ethyl adjacent to an activating group) is 3. The summed E-state index contributed by atoms with van der Waals surface area (Å²) in [6.07, 6.45) is -6.05. The van der Waals surface area contributed by atoms with Crippen molar-refractivity contribution in [2.75, 3.05) is 73.1 Å². The standard InChI is InChI=1S/C97H120F2N16O22S/c1-53(2)36-69-86(124)109-75(85(123)102-48-81(100)119)51-138-52-82(120)103-73(40-59-28-33-66(98)67(99)37-59)93(131)113(7)80(42-56-20-14-11-15-21-56)95(133)111(5)76(34-35-136-8)96(134)115-50-63(118)45-79(115)92(130)107-72(46-83(121)122)89(127)110-84(54(3)4)97(135)112(6)77(41-55-18-12-10-13-19-55)90(128)108-74(39-58-26-31-64(137-9)32-27-58)94(132)114-49-62(117)44-78(114)91(129)106-71(43-60-47-101-68-23-17-16-22-65(60)68)88(126)105-70(87(125)104-69)38-57-24-29-61(116)30-25-57/h10-33,37,47,53-54,62-63,69-80,84,101,116-118H,34-36,38-46,48-52H2,1-9H3,(H2,100,119)(H,102,123)(H,103,120)(H,104,125)(H,105,126)(H,106,129)(H,107,130)(H,108,128)(H,109,124)(H,110,127)(H,121,122)/t62-,63-,69+,70-,71-,72-,73+,74-,75-,76-,77+,78+,79+,80-,84-/m0/s1. The summed E-state index contributed by atoms with van der Waals surface area (Å²) in [4.78, 5) is 248. The fourth-order valence-corrected chi connectivity index (χ4v) is 17.8. The van der Waals surface area contributed by atoms with E-state index in [9.17, 15) is 53.6 Å². The summed E-state index contributed by atoms with van der Waals surface area (Å²) in [6.45, 7) is 4.35. The number of carbonyl (C=O) groups excluding carboxylic acids is 15. The van der Waals surface area contributed by atoms with Crippen molar-refractivity contribution in [2.24, 2.45) is 17.6 Å². The van der Waals surface area contributed by atoms with Gasteiger partial charge in [0.1, 0.15) is 90.0 Å². The molecule has 4 heterocycles. The molecule has 38 nitrogen and oxygen atoms in total. The second-order valence-electron chi connectivity index (χ2n) is 35.4. The van der Waals surface area contributed by atoms with Gasteiger partial charge < -0.3 is 113 Å². The molecule has 0 spiro atoms. The van der Waals surface area contributed by atoms with Gasteiger partial charge in [0.2, 0.25) is 88.6 Å². The molecule has 3 aliphatic rings. The van der Waals surface area contributed by atoms with Crippen LogP contribution < -0.4 is 58.3 Å². The molecule has 0 radical (unpaired) electrons. The zero-order chi connectivity index (χ0) is 100. The predicted octanol–water partition coefficient (Wildman–Crippen LogP) is 0.761. The minimum absolute atomic E-state index is 0.0407. The van der Waals surface area contributed by atoms with Crippen LogP contribution in [0.3, 0.4) is 0 Å². The minimum atomic E-state index is -2.05. The number of aliphatic hydroxyl groups is 2. The van der Waals surface area contributed by atoms with Gasteiger partial charge in [0, 0.05) is 129 Å². The maximum atomic E-state index is 15.9. The summed E-state index contributed by atoms with van der Waals surface area (Å²) in [5.74, 6) is -21.8. The molecule has 41 heteroatoms. The number of aliphatic hydroxyl groups excluding tert-OH is 2. The molecule has 7 aromatic rings. The average molecular weight is 1930 g/mol. The third-order valence-electron chi connectivity index (χ3n) is 24.4. The Morgan fingerprint density at radius 3 is 1.58 bits per heavy atom. The Kier molecular flexibility index (Phi) is 38.2. The van der Waals surface area contributed by atoms with Gasteiger partial charge in [-0.25, -0.2) is 8.78 Å². The number of thioether (sulfide) groups is 1. The van der Waals surface area contributed by atoms with Gasteiger partial charge in [0.15, 0.2) is 11.6 Å². The SMILES string of the molecule is COCC[C@H]1C(=O)N2C[C@@H](O)C[C@@H]2C(=O)N[C@@H](CC(=O)O)C(=O)N[C@@H](C(C)C)C(=O)N(C)[C@H](Cc2ccccc2)C(=O)N[C@@H](Cc2ccc(OC)cc2)C(=O)N2C[C@@H](O)C[C@@H]2C(=O)N[C@@H](Cc2c[nH]c3ccccc23)C(=O)N[C@@H](Cc2ccc(O)cc2)C(=O)N[C@H](CC(C)C)C(=O)N[C@H](C(=O)NCC(N)=O)CSCC(=O)N[C@H](Cc2ccc(F)c(F)c2)C(=O)N(C)[C@@H](Cc2ccccc2)C(=O)N1C. The first-order valence-electron chi connectivity index (χ1n) is 45.2. The number of carboxylic acids is 1. The number of carboxylic acid groups (broad SMARTS) is 1. The quantitative estimate of drug-likeness (QED) is 0.0397. The molecule has 0 aliphatic carbocycles. The number of nitrogens with two attached hydrogens (primary N) is 1. The van der Waals surface area contributed by atoms with Crippen LogP contribution in [0, 0.1) is 23.5 Å². The highest BCUT2D eigenvalue weighted by Crippen LogP contribution is 2.29. The number of aliphatic carboxylic acids is 1. The van der Waals surface area contributed by atoms with Crippen molar-refractivity contribution in [1.29, 1.82) is 0 Å². The molecule has 3 saturated heterocycles. The number of nitrogens with one attached hydrogen (secondary N) is 10. The van der Waals surface area contributed by atoms with E-state index in [0.29, 0.717) is 56.2 Å². The molecule has 6 aromatic carbocycles. The van der Waals surface area contributed by atoms with Crippen LogP contribution in [0.5, 0.6) is 11.5 Å². The number of rotatable bonds is 24. The van der Waals surface area contributed by atoms with Crippen molar-refractivity contribution in [3.63, 3.8) is 0 Å². The predicted molar refractivity (Wildman–Crippen MR) is 501 cm³/mol. The summed E-state index contributed by atoms with van der Waals surface area (Å²) >= 11 is 0.701. The molecule has 0 bridgehead atoms. The number of aromatic hydroxyl groups is 1. The number of nitrogens with zero attached hydrogens (tertiary/aromatic N) is 5. The van der Waals surface area contributed by atoms with Crippen molar-refractivity contribution in [3.05, 3.63) is 203 Å². The van der Waals surface area contributed by atoms with E-state index in [-0.39, 0.29) is 62.9 Å². The van der Waals surface area contributed by atoms with E-state index >= 15 is 52.3 Å². The molecule has 740 valence electrons. The van der Waals surface area contributed by atoms with Crippen LogP contribution in [0.25, 0.3) is 10.9 Å². The lowest BCUT2D eigenvalue weighted by Gasteiger charge is -2.37. The number of benzene rings is 6. The maximum absolute atomic E-state index is 15.9. The van der Waals surface area contributed by atoms with Gasteiger partial charge in [-0.1, -0.05) is 137 Å². The Morgan fingerprint density at radius 1 is 0.507 bits per heavy atom. The van der Waals surface area contributed by atoms with E-state index in [1.807, 2.05) is 0 Å². The highest BCUT2D eigenvalue weighted by molar-refractivity contribution is 8.00. The number of halogens is 2. The zero-order valence-electron chi connectivity index (χ0n) is 78.0. The molecule has 15 amide bonds. The van der Waals surface area contributed by atoms with Crippen LogP contribution >= 0.6 is 11.8 Å². The van der Waals surface area contributed by atoms with Crippen LogP contribution in [-0.4, -0.2) is 308 Å². The topological polar surface area (TPSA) is 539 Å². The molecule has 3 fully saturated rings. The Balaban J connectivity index is 1.07. The lowest BCUT2D eigenvalue weighted by Crippen LogP contribution is -2.62. The van der Waals surface area contributed by atoms with E-state index in [1.165, 1.54) is 73.5 Å². The van der Waals surface area contributed by atoms with Gasteiger partial charge in [-0.15, -0.1) is 11.8 Å². The first-order chi connectivity index (χ1) is 65.7. The fraction of sp³-hybridized carbons (Fsp3) is 0.443. The van der Waals surface area contributed by atoms with E-state index < -0.39 is 266 Å². The molecule has 16 N–H and O–H groups in total. The smallest absolute Gasteiger partial charge is 0.305 e. The van der Waals surface area contributed by atoms with Gasteiger partial charge in [0.05, 0.1) is 38.0 Å². The average Bonchev–Trinajstić information content (AvgIpc) is 1.56. The van der Waals surface area contributed by atoms with Gasteiger partial charge in [-0.2, -0.15) is 0 Å². The third-order valence-corrected chi connectivity index (χ3v) is 25.4. The number of hydrogen-bond donors (Lipinski definition) is 15. The summed E-state index contributed by atoms with van der Waals surface area (Å²) < 4.78 is 40.8. The number of aromatic nitrogens is 1. The van der Waals surface area contributed by atoms with E-state index in [2.05, 4.69) is 52.8 Å². The minimum Gasteiger partial charge on any atom is -0.508 e. The largest absolute Gasteiger partial charge is 0.508 e. The van der Waals surface area contributed by atoms with Gasteiger partial charge in [-0.05, 0) is 94.1 Å². The van der Waals surface area contributed by atoms with Crippen LogP contribution in [0.1, 0.15) is 93.2 Å². The number of amides is 15. The van der Waals surface area contributed by atoms with E-state index in [4.69, 9.17) is 15.2 Å². The van der Waals surface area contributed by atoms with Gasteiger partial charge >= 0.3 is 5.97 Å². The summed E-state index contributed by atoms with van der Waals surface area (Å²) in [5.41, 5.74) is 8.19. The van der Waals surface area contributed by atoms with Crippen LogP contribution in [0.2, 0.25) is 0 Å². The highest BCUT2D eigenvalue weighted by Gasteiger charge is 2.49. The monoisotopic (exact) mass is 1930 g/mol. The number of phenolic OH excluding ortho intramolecular Hbond substituents is 1. The number of phenols is 1. The molecule has 3 aliphatic heterocycles. The first kappa shape index (κ1) is 106. The lowest BCUT2D eigenvalue weighted by atomic mass is 9.98. The fourth-order valence-electron chi connectivity index (χ4n) is 16.9. The molecular formula is C97H120F2N16O22S. The number of carbonyl (C=O) groups is 16. The first-order valence-corrected chi connectivity index (χ1v) is 46.4. The second-order valence-corrected chi connectivity index (χ2v) is 36.5. The Bertz CT molecular complexity index is 5510. The maximum Gasteiger partial charge on any atom is 0.305 e. The normalized spacial score (nSPS) is 24.2. The van der Waals surface area contributed by atoms with E-state index in [1.54, 1.807) is 129 Å². The zero-order valence-corrected chi connectivity index (χ0v) is 78.8.